The molecule has 0 bridgehead atoms. The molecule has 2 aromatic carbocycles. The van der Waals surface area contributed by atoms with Crippen LogP contribution in [0, 0.1) is 0 Å². The van der Waals surface area contributed by atoms with E-state index in [0.29, 0.717) is 18.7 Å². The summed E-state index contributed by atoms with van der Waals surface area (Å²) in [4.78, 5) is 28.2. The van der Waals surface area contributed by atoms with E-state index in [4.69, 9.17) is 4.74 Å². The minimum absolute atomic E-state index is 0.225. The van der Waals surface area contributed by atoms with Crippen LogP contribution in [0.1, 0.15) is 5.56 Å². The lowest BCUT2D eigenvalue weighted by Crippen LogP contribution is -2.28. The zero-order valence-corrected chi connectivity index (χ0v) is 11.8. The normalized spacial score (nSPS) is 10.5. The first-order valence-corrected chi connectivity index (χ1v) is 6.92. The van der Waals surface area contributed by atoms with E-state index in [0.717, 1.165) is 16.6 Å². The summed E-state index contributed by atoms with van der Waals surface area (Å²) in [5.41, 5.74) is 2.32. The Bertz CT molecular complexity index is 836. The Morgan fingerprint density at radius 2 is 1.82 bits per heavy atom. The Kier molecular flexibility index (Phi) is 3.91. The minimum Gasteiger partial charge on any atom is -0.410 e. The first kappa shape index (κ1) is 13.9. The predicted molar refractivity (Wildman–Crippen MR) is 83.1 cm³/mol. The first-order chi connectivity index (χ1) is 10.7. The van der Waals surface area contributed by atoms with Gasteiger partial charge >= 0.3 is 11.8 Å². The first-order valence-electron chi connectivity index (χ1n) is 6.92. The molecule has 3 N–H and O–H groups in total. The third-order valence-electron chi connectivity index (χ3n) is 3.22. The number of rotatable bonds is 4. The molecule has 0 aliphatic carbocycles. The molecule has 1 heterocycles. The lowest BCUT2D eigenvalue weighted by molar-refractivity contribution is 0.200. The number of fused-ring (bicyclic) bond motifs is 1. The van der Waals surface area contributed by atoms with Crippen LogP contribution >= 0.6 is 0 Å². The maximum absolute atomic E-state index is 11.6. The predicted octanol–water partition coefficient (Wildman–Crippen LogP) is 2.19. The number of aromatic amines is 2. The lowest BCUT2D eigenvalue weighted by atomic mass is 10.1. The Morgan fingerprint density at radius 1 is 1.05 bits per heavy atom. The molecule has 0 unspecified atom stereocenters. The number of aromatic nitrogens is 2. The van der Waals surface area contributed by atoms with Crippen LogP contribution < -0.4 is 15.7 Å². The average Bonchev–Trinajstić information content (AvgIpc) is 2.87. The summed E-state index contributed by atoms with van der Waals surface area (Å²) in [6, 6.07) is 14.5. The van der Waals surface area contributed by atoms with Gasteiger partial charge in [-0.05, 0) is 36.2 Å². The molecular formula is C16H15N3O3. The summed E-state index contributed by atoms with van der Waals surface area (Å²) in [6.07, 6.45) is 0.162. The van der Waals surface area contributed by atoms with Crippen LogP contribution in [0.15, 0.2) is 53.3 Å². The zero-order chi connectivity index (χ0) is 15.4. The number of benzene rings is 2. The molecule has 0 saturated heterocycles. The van der Waals surface area contributed by atoms with E-state index < -0.39 is 6.09 Å². The molecule has 0 aliphatic rings. The van der Waals surface area contributed by atoms with Crippen molar-refractivity contribution < 1.29 is 9.53 Å². The van der Waals surface area contributed by atoms with Crippen molar-refractivity contribution in [3.8, 4) is 5.75 Å². The number of imidazole rings is 1. The van der Waals surface area contributed by atoms with Gasteiger partial charge in [-0.2, -0.15) is 0 Å². The van der Waals surface area contributed by atoms with E-state index >= 15 is 0 Å². The number of hydrogen-bond acceptors (Lipinski definition) is 3. The van der Waals surface area contributed by atoms with Crippen LogP contribution in [0.5, 0.6) is 5.75 Å². The van der Waals surface area contributed by atoms with Crippen molar-refractivity contribution >= 4 is 17.1 Å². The monoisotopic (exact) mass is 297 g/mol. The fourth-order valence-corrected chi connectivity index (χ4v) is 2.18. The number of carbonyl (C=O) groups is 1. The highest BCUT2D eigenvalue weighted by atomic mass is 16.5. The van der Waals surface area contributed by atoms with Crippen LogP contribution in [-0.4, -0.2) is 22.6 Å². The van der Waals surface area contributed by atoms with Crippen LogP contribution in [0.3, 0.4) is 0 Å². The van der Waals surface area contributed by atoms with Crippen molar-refractivity contribution in [2.24, 2.45) is 0 Å². The van der Waals surface area contributed by atoms with Crippen LogP contribution in [-0.2, 0) is 6.42 Å². The number of nitrogens with one attached hydrogen (secondary N) is 3. The Hall–Kier alpha value is -3.02. The fraction of sp³-hybridized carbons (Fsp3) is 0.125. The summed E-state index contributed by atoms with van der Waals surface area (Å²) in [5, 5.41) is 2.69. The second-order valence-electron chi connectivity index (χ2n) is 4.84. The third kappa shape index (κ3) is 3.35. The summed E-state index contributed by atoms with van der Waals surface area (Å²) < 4.78 is 5.12. The number of carbonyl (C=O) groups excluding carboxylic acids is 1. The smallest absolute Gasteiger partial charge is 0.410 e. The number of hydrogen-bond donors (Lipinski definition) is 3. The molecule has 0 saturated carbocycles. The van der Waals surface area contributed by atoms with Crippen molar-refractivity contribution in [2.45, 2.75) is 6.42 Å². The van der Waals surface area contributed by atoms with E-state index in [1.54, 1.807) is 24.3 Å². The highest BCUT2D eigenvalue weighted by molar-refractivity contribution is 5.75. The molecule has 3 rings (SSSR count). The van der Waals surface area contributed by atoms with Gasteiger partial charge in [0.2, 0.25) is 0 Å². The van der Waals surface area contributed by atoms with E-state index in [1.807, 2.05) is 24.3 Å². The lowest BCUT2D eigenvalue weighted by Gasteiger charge is -2.06. The van der Waals surface area contributed by atoms with Crippen molar-refractivity contribution in [1.29, 1.82) is 0 Å². The van der Waals surface area contributed by atoms with Gasteiger partial charge in [0.15, 0.2) is 0 Å². The molecule has 112 valence electrons. The standard InChI is InChI=1S/C16H15N3O3/c20-15-18-13-7-6-11(10-14(13)19-15)8-9-17-16(21)22-12-4-2-1-3-5-12/h1-7,10H,8-9H2,(H,17,21)(H2,18,19,20). The number of amides is 1. The second kappa shape index (κ2) is 6.17. The van der Waals surface area contributed by atoms with E-state index in [2.05, 4.69) is 15.3 Å². The van der Waals surface area contributed by atoms with Gasteiger partial charge < -0.3 is 20.0 Å². The molecule has 0 atom stereocenters. The van der Waals surface area contributed by atoms with E-state index in [-0.39, 0.29) is 5.69 Å². The van der Waals surface area contributed by atoms with Gasteiger partial charge in [-0.3, -0.25) is 0 Å². The molecule has 3 aromatic rings. The molecule has 0 spiro atoms. The molecule has 22 heavy (non-hydrogen) atoms. The Morgan fingerprint density at radius 3 is 2.64 bits per heavy atom. The van der Waals surface area contributed by atoms with Crippen LogP contribution in [0.25, 0.3) is 11.0 Å². The second-order valence-corrected chi connectivity index (χ2v) is 4.84. The summed E-state index contributed by atoms with van der Waals surface area (Å²) >= 11 is 0. The minimum atomic E-state index is -0.484. The summed E-state index contributed by atoms with van der Waals surface area (Å²) in [5.74, 6) is 0.506. The van der Waals surface area contributed by atoms with Gasteiger partial charge in [-0.25, -0.2) is 9.59 Å². The molecule has 0 radical (unpaired) electrons. The topological polar surface area (TPSA) is 87.0 Å². The number of para-hydroxylation sites is 1. The maximum atomic E-state index is 11.6. The van der Waals surface area contributed by atoms with Crippen molar-refractivity contribution in [3.05, 3.63) is 64.6 Å². The molecule has 0 aliphatic heterocycles. The number of H-pyrrole nitrogens is 2. The maximum Gasteiger partial charge on any atom is 0.412 e. The van der Waals surface area contributed by atoms with Crippen molar-refractivity contribution in [1.82, 2.24) is 15.3 Å². The quantitative estimate of drug-likeness (QED) is 0.690. The highest BCUT2D eigenvalue weighted by Crippen LogP contribution is 2.11. The van der Waals surface area contributed by atoms with Gasteiger partial charge in [-0.15, -0.1) is 0 Å². The molecule has 1 amide bonds. The van der Waals surface area contributed by atoms with Gasteiger partial charge in [0.1, 0.15) is 5.75 Å². The summed E-state index contributed by atoms with van der Waals surface area (Å²) in [6.45, 7) is 0.450. The van der Waals surface area contributed by atoms with Crippen LogP contribution in [0.4, 0.5) is 4.79 Å². The van der Waals surface area contributed by atoms with Gasteiger partial charge in [0.05, 0.1) is 11.0 Å². The van der Waals surface area contributed by atoms with Gasteiger partial charge in [-0.1, -0.05) is 24.3 Å². The largest absolute Gasteiger partial charge is 0.412 e. The van der Waals surface area contributed by atoms with E-state index in [1.165, 1.54) is 0 Å². The zero-order valence-electron chi connectivity index (χ0n) is 11.8. The van der Waals surface area contributed by atoms with E-state index in [9.17, 15) is 9.59 Å². The SMILES string of the molecule is O=C(NCCc1ccc2[nH]c(=O)[nH]c2c1)Oc1ccccc1. The molecule has 6 heteroatoms. The molecule has 0 fully saturated rings. The van der Waals surface area contributed by atoms with Crippen LogP contribution in [0.2, 0.25) is 0 Å². The number of ether oxygens (including phenoxy) is 1. The molecule has 1 aromatic heterocycles. The van der Waals surface area contributed by atoms with Gasteiger partial charge in [0.25, 0.3) is 0 Å². The summed E-state index contributed by atoms with van der Waals surface area (Å²) in [7, 11) is 0. The highest BCUT2D eigenvalue weighted by Gasteiger charge is 2.04. The molecule has 6 nitrogen and oxygen atoms in total. The fourth-order valence-electron chi connectivity index (χ4n) is 2.18. The third-order valence-corrected chi connectivity index (χ3v) is 3.22. The van der Waals surface area contributed by atoms with Crippen molar-refractivity contribution in [2.75, 3.05) is 6.54 Å². The Balaban J connectivity index is 1.53. The molecular weight excluding hydrogens is 282 g/mol. The average molecular weight is 297 g/mol. The Labute approximate surface area is 126 Å². The van der Waals surface area contributed by atoms with Crippen molar-refractivity contribution in [3.63, 3.8) is 0 Å². The van der Waals surface area contributed by atoms with Gasteiger partial charge in [0, 0.05) is 6.54 Å².